The lowest BCUT2D eigenvalue weighted by Gasteiger charge is -2.28. The monoisotopic (exact) mass is 295 g/mol. The van der Waals surface area contributed by atoms with E-state index in [0.717, 1.165) is 39.2 Å². The Morgan fingerprint density at radius 1 is 1.32 bits per heavy atom. The van der Waals surface area contributed by atoms with Crippen LogP contribution in [-0.4, -0.2) is 34.4 Å². The van der Waals surface area contributed by atoms with Gasteiger partial charge in [0.15, 0.2) is 5.16 Å². The molecule has 0 aliphatic carbocycles. The first-order chi connectivity index (χ1) is 9.31. The van der Waals surface area contributed by atoms with Crippen LogP contribution in [0.2, 0.25) is 0 Å². The summed E-state index contributed by atoms with van der Waals surface area (Å²) >= 11 is 3.14. The van der Waals surface area contributed by atoms with Crippen molar-refractivity contribution in [2.45, 2.75) is 31.0 Å². The quantitative estimate of drug-likeness (QED) is 0.697. The zero-order chi connectivity index (χ0) is 13.2. The predicted molar refractivity (Wildman–Crippen MR) is 81.2 cm³/mol. The van der Waals surface area contributed by atoms with Gasteiger partial charge < -0.3 is 10.0 Å². The van der Waals surface area contributed by atoms with Gasteiger partial charge in [-0.05, 0) is 31.6 Å². The smallest absolute Gasteiger partial charge is 0.190 e. The van der Waals surface area contributed by atoms with Crippen molar-refractivity contribution in [2.75, 3.05) is 24.2 Å². The summed E-state index contributed by atoms with van der Waals surface area (Å²) in [5, 5.41) is 11.2. The molecule has 3 rings (SSSR count). The molecule has 1 N–H and O–H groups in total. The summed E-state index contributed by atoms with van der Waals surface area (Å²) in [6.07, 6.45) is 5.78. The van der Waals surface area contributed by atoms with E-state index in [1.807, 2.05) is 12.3 Å². The van der Waals surface area contributed by atoms with Crippen LogP contribution in [0.1, 0.15) is 24.1 Å². The maximum atomic E-state index is 9.31. The van der Waals surface area contributed by atoms with Crippen molar-refractivity contribution >= 4 is 39.1 Å². The van der Waals surface area contributed by atoms with Crippen molar-refractivity contribution in [3.8, 4) is 0 Å². The Morgan fingerprint density at radius 3 is 2.79 bits per heavy atom. The number of fused-ring (bicyclic) bond motifs is 1. The first-order valence-electron chi connectivity index (χ1n) is 6.52. The summed E-state index contributed by atoms with van der Waals surface area (Å²) < 4.78 is 0. The summed E-state index contributed by atoms with van der Waals surface area (Å²) in [7, 11) is 0. The highest BCUT2D eigenvalue weighted by molar-refractivity contribution is 7.98. The van der Waals surface area contributed by atoms with Crippen LogP contribution in [0.5, 0.6) is 0 Å². The molecule has 102 valence electrons. The van der Waals surface area contributed by atoms with Gasteiger partial charge in [0.05, 0.1) is 12.0 Å². The van der Waals surface area contributed by atoms with E-state index in [-0.39, 0.29) is 6.61 Å². The standard InChI is InChI=1S/C13H17N3OS2/c1-18-13-14-11(16-5-3-2-4-6-16)10-7-9(8-17)19-12(10)15-13/h7,17H,2-6,8H2,1H3. The Labute approximate surface area is 120 Å². The molecule has 0 aromatic carbocycles. The molecule has 1 aliphatic rings. The minimum Gasteiger partial charge on any atom is -0.391 e. The van der Waals surface area contributed by atoms with E-state index in [1.54, 1.807) is 23.1 Å². The van der Waals surface area contributed by atoms with Gasteiger partial charge in [-0.1, -0.05) is 11.8 Å². The normalized spacial score (nSPS) is 16.2. The highest BCUT2D eigenvalue weighted by atomic mass is 32.2. The average molecular weight is 295 g/mol. The van der Waals surface area contributed by atoms with Crippen molar-refractivity contribution < 1.29 is 5.11 Å². The number of nitrogens with zero attached hydrogens (tertiary/aromatic N) is 3. The maximum absolute atomic E-state index is 9.31. The summed E-state index contributed by atoms with van der Waals surface area (Å²) in [5.41, 5.74) is 0. The summed E-state index contributed by atoms with van der Waals surface area (Å²) in [5.74, 6) is 1.05. The van der Waals surface area contributed by atoms with Crippen LogP contribution in [0.3, 0.4) is 0 Å². The highest BCUT2D eigenvalue weighted by Gasteiger charge is 2.18. The third-order valence-corrected chi connectivity index (χ3v) is 4.96. The molecule has 2 aromatic heterocycles. The minimum absolute atomic E-state index is 0.0784. The number of anilines is 1. The first-order valence-corrected chi connectivity index (χ1v) is 8.56. The van der Waals surface area contributed by atoms with Crippen LogP contribution in [0.25, 0.3) is 10.2 Å². The molecule has 0 spiro atoms. The van der Waals surface area contributed by atoms with Crippen LogP contribution < -0.4 is 4.90 Å². The third kappa shape index (κ3) is 2.57. The Hall–Kier alpha value is -0.850. The van der Waals surface area contributed by atoms with Gasteiger partial charge in [-0.25, -0.2) is 9.97 Å². The highest BCUT2D eigenvalue weighted by Crippen LogP contribution is 2.33. The van der Waals surface area contributed by atoms with E-state index in [2.05, 4.69) is 9.88 Å². The van der Waals surface area contributed by atoms with E-state index in [0.29, 0.717) is 0 Å². The van der Waals surface area contributed by atoms with Gasteiger partial charge in [0.1, 0.15) is 10.6 Å². The summed E-state index contributed by atoms with van der Waals surface area (Å²) in [4.78, 5) is 13.6. The molecule has 0 unspecified atom stereocenters. The minimum atomic E-state index is 0.0784. The molecule has 1 saturated heterocycles. The molecule has 19 heavy (non-hydrogen) atoms. The molecular formula is C13H17N3OS2. The lowest BCUT2D eigenvalue weighted by Crippen LogP contribution is -2.30. The fourth-order valence-corrected chi connectivity index (χ4v) is 3.75. The van der Waals surface area contributed by atoms with Crippen LogP contribution in [-0.2, 0) is 6.61 Å². The van der Waals surface area contributed by atoms with Gasteiger partial charge in [0, 0.05) is 18.0 Å². The van der Waals surface area contributed by atoms with Crippen molar-refractivity contribution in [3.05, 3.63) is 10.9 Å². The molecule has 4 nitrogen and oxygen atoms in total. The van der Waals surface area contributed by atoms with Crippen molar-refractivity contribution in [1.29, 1.82) is 0 Å². The largest absolute Gasteiger partial charge is 0.391 e. The SMILES string of the molecule is CSc1nc(N2CCCCC2)c2cc(CO)sc2n1. The number of hydrogen-bond donors (Lipinski definition) is 1. The average Bonchev–Trinajstić information content (AvgIpc) is 2.90. The topological polar surface area (TPSA) is 49.2 Å². The molecule has 0 saturated carbocycles. The number of thioether (sulfide) groups is 1. The molecular weight excluding hydrogens is 278 g/mol. The van der Waals surface area contributed by atoms with E-state index < -0.39 is 0 Å². The van der Waals surface area contributed by atoms with Gasteiger partial charge in [0.25, 0.3) is 0 Å². The number of hydrogen-bond acceptors (Lipinski definition) is 6. The fourth-order valence-electron chi connectivity index (χ4n) is 2.45. The molecule has 0 bridgehead atoms. The van der Waals surface area contributed by atoms with Crippen LogP contribution in [0.4, 0.5) is 5.82 Å². The number of aliphatic hydroxyl groups is 1. The van der Waals surface area contributed by atoms with Crippen LogP contribution in [0, 0.1) is 0 Å². The number of aliphatic hydroxyl groups excluding tert-OH is 1. The second-order valence-electron chi connectivity index (χ2n) is 4.67. The van der Waals surface area contributed by atoms with E-state index in [1.165, 1.54) is 19.3 Å². The van der Waals surface area contributed by atoms with Crippen LogP contribution >= 0.6 is 23.1 Å². The second-order valence-corrected chi connectivity index (χ2v) is 6.56. The molecule has 3 heterocycles. The lowest BCUT2D eigenvalue weighted by molar-refractivity contribution is 0.285. The van der Waals surface area contributed by atoms with Crippen LogP contribution in [0.15, 0.2) is 11.2 Å². The van der Waals surface area contributed by atoms with Crippen molar-refractivity contribution in [3.63, 3.8) is 0 Å². The van der Waals surface area contributed by atoms with E-state index in [4.69, 9.17) is 4.98 Å². The lowest BCUT2D eigenvalue weighted by atomic mass is 10.1. The Balaban J connectivity index is 2.11. The molecule has 1 aliphatic heterocycles. The van der Waals surface area contributed by atoms with Gasteiger partial charge in [-0.2, -0.15) is 0 Å². The molecule has 0 radical (unpaired) electrons. The fraction of sp³-hybridized carbons (Fsp3) is 0.538. The number of thiophene rings is 1. The zero-order valence-electron chi connectivity index (χ0n) is 10.9. The Morgan fingerprint density at radius 2 is 2.11 bits per heavy atom. The number of piperidine rings is 1. The Bertz CT molecular complexity index is 579. The second kappa shape index (κ2) is 5.64. The molecule has 0 atom stereocenters. The first kappa shape index (κ1) is 13.1. The molecule has 0 amide bonds. The van der Waals surface area contributed by atoms with E-state index >= 15 is 0 Å². The summed E-state index contributed by atoms with van der Waals surface area (Å²) in [6, 6.07) is 2.04. The van der Waals surface area contributed by atoms with E-state index in [9.17, 15) is 5.11 Å². The summed E-state index contributed by atoms with van der Waals surface area (Å²) in [6.45, 7) is 2.23. The van der Waals surface area contributed by atoms with Crippen molar-refractivity contribution in [2.24, 2.45) is 0 Å². The number of aromatic nitrogens is 2. The maximum Gasteiger partial charge on any atom is 0.190 e. The van der Waals surface area contributed by atoms with Gasteiger partial charge in [-0.3, -0.25) is 0 Å². The molecule has 1 fully saturated rings. The molecule has 2 aromatic rings. The predicted octanol–water partition coefficient (Wildman–Crippen LogP) is 2.90. The molecule has 6 heteroatoms. The van der Waals surface area contributed by atoms with Gasteiger partial charge in [0.2, 0.25) is 0 Å². The Kier molecular flexibility index (Phi) is 3.91. The van der Waals surface area contributed by atoms with Crippen molar-refractivity contribution in [1.82, 2.24) is 9.97 Å². The third-order valence-electron chi connectivity index (χ3n) is 3.40. The zero-order valence-corrected chi connectivity index (χ0v) is 12.6. The van der Waals surface area contributed by atoms with Gasteiger partial charge >= 0.3 is 0 Å². The van der Waals surface area contributed by atoms with Gasteiger partial charge in [-0.15, -0.1) is 11.3 Å². The number of rotatable bonds is 3.